The Labute approximate surface area is 67.5 Å². The van der Waals surface area contributed by atoms with Crippen LogP contribution in [0, 0.1) is 0 Å². The summed E-state index contributed by atoms with van der Waals surface area (Å²) in [6, 6.07) is 1.48. The van der Waals surface area contributed by atoms with Gasteiger partial charge in [0, 0.05) is 12.4 Å². The summed E-state index contributed by atoms with van der Waals surface area (Å²) in [6.07, 6.45) is -1.67. The Morgan fingerprint density at radius 2 is 1.75 bits per heavy atom. The van der Waals surface area contributed by atoms with Crippen molar-refractivity contribution in [3.8, 4) is 0 Å². The van der Waals surface area contributed by atoms with E-state index in [1.54, 1.807) is 0 Å². The van der Waals surface area contributed by atoms with E-state index in [2.05, 4.69) is 9.97 Å². The first kappa shape index (κ1) is 8.96. The van der Waals surface area contributed by atoms with E-state index in [-0.39, 0.29) is 5.82 Å². The Balaban J connectivity index is 2.86. The Morgan fingerprint density at radius 1 is 1.25 bits per heavy atom. The quantitative estimate of drug-likeness (QED) is 0.655. The number of hydrogen-bond acceptors (Lipinski definition) is 2. The molecular weight excluding hydrogens is 169 g/mol. The first-order chi connectivity index (χ1) is 5.52. The van der Waals surface area contributed by atoms with Crippen molar-refractivity contribution in [2.75, 3.05) is 0 Å². The van der Waals surface area contributed by atoms with Gasteiger partial charge in [-0.1, -0.05) is 0 Å². The fourth-order valence-electron chi connectivity index (χ4n) is 0.681. The van der Waals surface area contributed by atoms with Gasteiger partial charge in [0.2, 0.25) is 0 Å². The van der Waals surface area contributed by atoms with E-state index in [0.29, 0.717) is 0 Å². The van der Waals surface area contributed by atoms with Gasteiger partial charge in [-0.2, -0.15) is 13.2 Å². The molecule has 1 aromatic heterocycles. The van der Waals surface area contributed by atoms with Crippen molar-refractivity contribution >= 4 is 0 Å². The number of halogens is 3. The second-order valence-electron chi connectivity index (χ2n) is 2.37. The van der Waals surface area contributed by atoms with Crippen LogP contribution >= 0.6 is 0 Å². The van der Waals surface area contributed by atoms with Crippen molar-refractivity contribution in [3.63, 3.8) is 0 Å². The largest absolute Gasteiger partial charge is 0.398 e. The summed E-state index contributed by atoms with van der Waals surface area (Å²) in [7, 11) is 0. The zero-order chi connectivity index (χ0) is 9.19. The van der Waals surface area contributed by atoms with Gasteiger partial charge in [0.15, 0.2) is 0 Å². The van der Waals surface area contributed by atoms with E-state index in [4.69, 9.17) is 0 Å². The lowest BCUT2D eigenvalue weighted by Crippen LogP contribution is -2.19. The summed E-state index contributed by atoms with van der Waals surface area (Å²) in [5.74, 6) is -1.79. The van der Waals surface area contributed by atoms with Gasteiger partial charge in [-0.25, -0.2) is 9.97 Å². The van der Waals surface area contributed by atoms with Crippen LogP contribution < -0.4 is 0 Å². The predicted molar refractivity (Wildman–Crippen MR) is 36.5 cm³/mol. The van der Waals surface area contributed by atoms with Crippen molar-refractivity contribution in [1.82, 2.24) is 9.97 Å². The SMILES string of the molecule is C[C@H](c1ncccn1)C(F)(F)F. The molecule has 66 valence electrons. The molecule has 0 aliphatic heterocycles. The fraction of sp³-hybridized carbons (Fsp3) is 0.429. The predicted octanol–water partition coefficient (Wildman–Crippen LogP) is 2.14. The maximum atomic E-state index is 12.1. The summed E-state index contributed by atoms with van der Waals surface area (Å²) < 4.78 is 36.2. The van der Waals surface area contributed by atoms with Gasteiger partial charge in [-0.15, -0.1) is 0 Å². The van der Waals surface area contributed by atoms with E-state index in [1.807, 2.05) is 0 Å². The van der Waals surface area contributed by atoms with Crippen molar-refractivity contribution in [2.24, 2.45) is 0 Å². The molecule has 0 N–H and O–H groups in total. The monoisotopic (exact) mass is 176 g/mol. The highest BCUT2D eigenvalue weighted by molar-refractivity contribution is 4.98. The number of rotatable bonds is 1. The molecular formula is C7H7F3N2. The van der Waals surface area contributed by atoms with E-state index in [0.717, 1.165) is 6.92 Å². The Kier molecular flexibility index (Phi) is 2.30. The van der Waals surface area contributed by atoms with Gasteiger partial charge >= 0.3 is 6.18 Å². The summed E-state index contributed by atoms with van der Waals surface area (Å²) in [6.45, 7) is 1.04. The molecule has 0 saturated heterocycles. The molecule has 0 saturated carbocycles. The molecule has 0 bridgehead atoms. The number of hydrogen-bond donors (Lipinski definition) is 0. The molecule has 1 aromatic rings. The lowest BCUT2D eigenvalue weighted by Gasteiger charge is -2.12. The maximum absolute atomic E-state index is 12.1. The lowest BCUT2D eigenvalue weighted by atomic mass is 10.1. The third-order valence-corrected chi connectivity index (χ3v) is 1.46. The maximum Gasteiger partial charge on any atom is 0.398 e. The van der Waals surface area contributed by atoms with Gasteiger partial charge in [0.25, 0.3) is 0 Å². The topological polar surface area (TPSA) is 25.8 Å². The molecule has 0 aliphatic carbocycles. The van der Waals surface area contributed by atoms with E-state index >= 15 is 0 Å². The second-order valence-corrected chi connectivity index (χ2v) is 2.37. The van der Waals surface area contributed by atoms with Crippen LogP contribution in [0.3, 0.4) is 0 Å². The van der Waals surface area contributed by atoms with Crippen LogP contribution in [0.2, 0.25) is 0 Å². The first-order valence-corrected chi connectivity index (χ1v) is 3.35. The van der Waals surface area contributed by atoms with E-state index in [9.17, 15) is 13.2 Å². The number of aromatic nitrogens is 2. The Hall–Kier alpha value is -1.13. The highest BCUT2D eigenvalue weighted by Gasteiger charge is 2.38. The van der Waals surface area contributed by atoms with Gasteiger partial charge < -0.3 is 0 Å². The van der Waals surface area contributed by atoms with Crippen molar-refractivity contribution in [2.45, 2.75) is 19.0 Å². The van der Waals surface area contributed by atoms with Crippen LogP contribution in [-0.2, 0) is 0 Å². The molecule has 1 heterocycles. The molecule has 0 aliphatic rings. The number of nitrogens with zero attached hydrogens (tertiary/aromatic N) is 2. The van der Waals surface area contributed by atoms with Crippen molar-refractivity contribution in [3.05, 3.63) is 24.3 Å². The average molecular weight is 176 g/mol. The third-order valence-electron chi connectivity index (χ3n) is 1.46. The normalized spacial score (nSPS) is 14.3. The van der Waals surface area contributed by atoms with Crippen LogP contribution in [0.25, 0.3) is 0 Å². The molecule has 0 aromatic carbocycles. The molecule has 0 spiro atoms. The highest BCUT2D eigenvalue weighted by atomic mass is 19.4. The highest BCUT2D eigenvalue weighted by Crippen LogP contribution is 2.31. The standard InChI is InChI=1S/C7H7F3N2/c1-5(7(8,9)10)6-11-3-2-4-12-6/h2-5H,1H3/t5-/m1/s1. The lowest BCUT2D eigenvalue weighted by molar-refractivity contribution is -0.147. The van der Waals surface area contributed by atoms with Crippen LogP contribution in [0.1, 0.15) is 18.7 Å². The van der Waals surface area contributed by atoms with Gasteiger partial charge in [-0.05, 0) is 13.0 Å². The first-order valence-electron chi connectivity index (χ1n) is 3.35. The summed E-state index contributed by atoms with van der Waals surface area (Å²) >= 11 is 0. The van der Waals surface area contributed by atoms with Gasteiger partial charge in [-0.3, -0.25) is 0 Å². The Bertz CT molecular complexity index is 245. The molecule has 0 radical (unpaired) electrons. The summed E-state index contributed by atoms with van der Waals surface area (Å²) in [5, 5.41) is 0. The fourth-order valence-corrected chi connectivity index (χ4v) is 0.681. The molecule has 0 amide bonds. The zero-order valence-corrected chi connectivity index (χ0v) is 6.34. The van der Waals surface area contributed by atoms with Crippen LogP contribution in [-0.4, -0.2) is 16.1 Å². The third kappa shape index (κ3) is 1.93. The number of alkyl halides is 3. The van der Waals surface area contributed by atoms with Gasteiger partial charge in [0.05, 0.1) is 0 Å². The molecule has 5 heteroatoms. The molecule has 2 nitrogen and oxygen atoms in total. The Morgan fingerprint density at radius 3 is 2.17 bits per heavy atom. The van der Waals surface area contributed by atoms with Crippen LogP contribution in [0.4, 0.5) is 13.2 Å². The molecule has 12 heavy (non-hydrogen) atoms. The average Bonchev–Trinajstić information content (AvgIpc) is 2.03. The molecule has 1 atom stereocenters. The van der Waals surface area contributed by atoms with Crippen molar-refractivity contribution in [1.29, 1.82) is 0 Å². The zero-order valence-electron chi connectivity index (χ0n) is 6.34. The minimum atomic E-state index is -4.26. The molecule has 0 fully saturated rings. The van der Waals surface area contributed by atoms with E-state index < -0.39 is 12.1 Å². The van der Waals surface area contributed by atoms with Crippen LogP contribution in [0.15, 0.2) is 18.5 Å². The minimum absolute atomic E-state index is 0.190. The molecule has 1 rings (SSSR count). The van der Waals surface area contributed by atoms with Crippen LogP contribution in [0.5, 0.6) is 0 Å². The summed E-state index contributed by atoms with van der Waals surface area (Å²) in [5.41, 5.74) is 0. The smallest absolute Gasteiger partial charge is 0.241 e. The summed E-state index contributed by atoms with van der Waals surface area (Å²) in [4.78, 5) is 7.03. The van der Waals surface area contributed by atoms with E-state index in [1.165, 1.54) is 18.5 Å². The van der Waals surface area contributed by atoms with Gasteiger partial charge in [0.1, 0.15) is 11.7 Å². The minimum Gasteiger partial charge on any atom is -0.241 e. The second kappa shape index (κ2) is 3.08. The van der Waals surface area contributed by atoms with Crippen molar-refractivity contribution < 1.29 is 13.2 Å². The molecule has 0 unspecified atom stereocenters.